The minimum absolute atomic E-state index is 0.428. The van der Waals surface area contributed by atoms with Crippen molar-refractivity contribution >= 4 is 11.5 Å². The number of pyridine rings is 3. The average Bonchev–Trinajstić information content (AvgIpc) is 2.93. The van der Waals surface area contributed by atoms with Crippen LogP contribution >= 0.6 is 0 Å². The smallest absolute Gasteiger partial charge is 0.178 e. The topological polar surface area (TPSA) is 88.8 Å². The van der Waals surface area contributed by atoms with Crippen molar-refractivity contribution in [2.75, 3.05) is 5.32 Å². The second-order valence-corrected chi connectivity index (χ2v) is 5.63. The van der Waals surface area contributed by atoms with Gasteiger partial charge in [0.15, 0.2) is 5.82 Å². The Morgan fingerprint density at radius 1 is 0.920 bits per heavy atom. The number of nitrogens with zero attached hydrogens (tertiary/aromatic N) is 5. The molecule has 4 aromatic rings. The van der Waals surface area contributed by atoms with Crippen LogP contribution in [0.1, 0.15) is 0 Å². The Morgan fingerprint density at radius 2 is 1.80 bits per heavy atom. The molecule has 0 radical (unpaired) electrons. The molecule has 2 N–H and O–H groups in total. The highest BCUT2D eigenvalue weighted by atomic mass is 16.5. The van der Waals surface area contributed by atoms with Crippen molar-refractivity contribution in [2.24, 2.45) is 0 Å². The van der Waals surface area contributed by atoms with Gasteiger partial charge in [-0.05, 0) is 30.3 Å². The van der Waals surface area contributed by atoms with Gasteiger partial charge < -0.3 is 10.5 Å². The Morgan fingerprint density at radius 3 is 2.68 bits per heavy atom. The first-order valence-electron chi connectivity index (χ1n) is 7.72. The molecule has 25 heavy (non-hydrogen) atoms. The Kier molecular flexibility index (Phi) is 2.81. The largest absolute Gasteiger partial charge is 0.426 e. The Labute approximate surface area is 142 Å². The van der Waals surface area contributed by atoms with Gasteiger partial charge in [0.05, 0.1) is 11.9 Å². The van der Waals surface area contributed by atoms with Gasteiger partial charge in [0.1, 0.15) is 17.2 Å². The van der Waals surface area contributed by atoms with E-state index < -0.39 is 0 Å². The van der Waals surface area contributed by atoms with Crippen LogP contribution in [0.2, 0.25) is 0 Å². The van der Waals surface area contributed by atoms with E-state index in [1.165, 1.54) is 0 Å². The van der Waals surface area contributed by atoms with E-state index in [0.717, 1.165) is 27.1 Å². The lowest BCUT2D eigenvalue weighted by Crippen LogP contribution is -2.00. The average molecular weight is 328 g/mol. The van der Waals surface area contributed by atoms with Crippen LogP contribution in [0.3, 0.4) is 0 Å². The van der Waals surface area contributed by atoms with Crippen molar-refractivity contribution in [1.29, 1.82) is 0 Å². The molecule has 5 rings (SSSR count). The summed E-state index contributed by atoms with van der Waals surface area (Å²) in [7, 11) is 0. The molecule has 0 amide bonds. The zero-order valence-corrected chi connectivity index (χ0v) is 13.0. The van der Waals surface area contributed by atoms with E-state index in [4.69, 9.17) is 4.98 Å². The van der Waals surface area contributed by atoms with Gasteiger partial charge in [-0.2, -0.15) is 4.73 Å². The number of hydrogen-bond acceptors (Lipinski definition) is 6. The van der Waals surface area contributed by atoms with E-state index >= 15 is 0 Å². The van der Waals surface area contributed by atoms with Crippen molar-refractivity contribution < 1.29 is 5.21 Å². The zero-order chi connectivity index (χ0) is 16.8. The van der Waals surface area contributed by atoms with Crippen LogP contribution in [-0.4, -0.2) is 29.9 Å². The molecule has 0 aromatic carbocycles. The number of rotatable bonds is 1. The highest BCUT2D eigenvalue weighted by molar-refractivity contribution is 5.95. The van der Waals surface area contributed by atoms with Crippen LogP contribution in [0.4, 0.5) is 11.5 Å². The summed E-state index contributed by atoms with van der Waals surface area (Å²) in [4.78, 5) is 17.4. The van der Waals surface area contributed by atoms with Crippen molar-refractivity contribution in [1.82, 2.24) is 24.7 Å². The summed E-state index contributed by atoms with van der Waals surface area (Å²) in [5, 5.41) is 14.2. The lowest BCUT2D eigenvalue weighted by Gasteiger charge is -2.09. The van der Waals surface area contributed by atoms with E-state index in [-0.39, 0.29) is 0 Å². The minimum atomic E-state index is 0.428. The molecule has 7 nitrogen and oxygen atoms in total. The second kappa shape index (κ2) is 5.13. The van der Waals surface area contributed by atoms with Crippen molar-refractivity contribution in [3.63, 3.8) is 0 Å². The summed E-state index contributed by atoms with van der Waals surface area (Å²) in [5.74, 6) is 1.07. The molecule has 1 aliphatic rings. The zero-order valence-electron chi connectivity index (χ0n) is 13.0. The Balaban J connectivity index is 1.87. The molecule has 0 saturated carbocycles. The minimum Gasteiger partial charge on any atom is -0.426 e. The standard InChI is InChI=1S/C18H12N6O/c25-24-16-13-4-2-7-21-17(13)22-14-10-20-8-5-12(14)15(16)23-18(24)11-3-1-6-19-9-11/h1-10,25H,(H,21,22). The van der Waals surface area contributed by atoms with E-state index in [9.17, 15) is 5.21 Å². The molecule has 0 aliphatic carbocycles. The van der Waals surface area contributed by atoms with E-state index in [0.29, 0.717) is 23.0 Å². The monoisotopic (exact) mass is 328 g/mol. The molecule has 5 heterocycles. The lowest BCUT2D eigenvalue weighted by atomic mass is 10.1. The lowest BCUT2D eigenvalue weighted by molar-refractivity contribution is 0.195. The van der Waals surface area contributed by atoms with Crippen molar-refractivity contribution in [3.05, 3.63) is 61.3 Å². The fourth-order valence-corrected chi connectivity index (χ4v) is 3.05. The highest BCUT2D eigenvalue weighted by Crippen LogP contribution is 2.43. The Hall–Kier alpha value is -3.74. The third-order valence-corrected chi connectivity index (χ3v) is 4.17. The number of fused-ring (bicyclic) bond motifs is 5. The molecule has 1 aliphatic heterocycles. The summed E-state index contributed by atoms with van der Waals surface area (Å²) < 4.78 is 1.10. The predicted molar refractivity (Wildman–Crippen MR) is 92.4 cm³/mol. The fraction of sp³-hybridized carbons (Fsp3) is 0. The summed E-state index contributed by atoms with van der Waals surface area (Å²) in [5.41, 5.74) is 4.38. The maximum absolute atomic E-state index is 10.9. The van der Waals surface area contributed by atoms with E-state index in [1.54, 1.807) is 31.0 Å². The second-order valence-electron chi connectivity index (χ2n) is 5.63. The quantitative estimate of drug-likeness (QED) is 0.459. The van der Waals surface area contributed by atoms with Gasteiger partial charge in [-0.25, -0.2) is 9.97 Å². The molecular formula is C18H12N6O. The van der Waals surface area contributed by atoms with Crippen LogP contribution in [-0.2, 0) is 0 Å². The van der Waals surface area contributed by atoms with Gasteiger partial charge in [-0.3, -0.25) is 9.97 Å². The third-order valence-electron chi connectivity index (χ3n) is 4.17. The van der Waals surface area contributed by atoms with Crippen molar-refractivity contribution in [2.45, 2.75) is 0 Å². The molecule has 0 saturated heterocycles. The number of hydrogen-bond donors (Lipinski definition) is 2. The predicted octanol–water partition coefficient (Wildman–Crippen LogP) is 3.36. The first-order chi connectivity index (χ1) is 12.3. The molecule has 0 fully saturated rings. The summed E-state index contributed by atoms with van der Waals surface area (Å²) >= 11 is 0. The van der Waals surface area contributed by atoms with E-state index in [2.05, 4.69) is 20.3 Å². The third kappa shape index (κ3) is 1.99. The summed E-state index contributed by atoms with van der Waals surface area (Å²) in [6.07, 6.45) is 8.48. The molecule has 0 unspecified atom stereocenters. The molecule has 0 atom stereocenters. The van der Waals surface area contributed by atoms with Crippen LogP contribution in [0, 0.1) is 0 Å². The van der Waals surface area contributed by atoms with Crippen LogP contribution in [0.15, 0.2) is 61.3 Å². The molecule has 7 heteroatoms. The van der Waals surface area contributed by atoms with Gasteiger partial charge in [0, 0.05) is 41.5 Å². The van der Waals surface area contributed by atoms with Gasteiger partial charge in [-0.1, -0.05) is 0 Å². The molecular weight excluding hydrogens is 316 g/mol. The summed E-state index contributed by atoms with van der Waals surface area (Å²) in [6, 6.07) is 9.26. The first kappa shape index (κ1) is 13.7. The van der Waals surface area contributed by atoms with E-state index in [1.807, 2.05) is 30.3 Å². The molecule has 0 spiro atoms. The normalized spacial score (nSPS) is 11.7. The SMILES string of the molecule is On1c(-c2cccnc2)nc2c1-c1cccnc1Nc1cnccc1-2. The van der Waals surface area contributed by atoms with Gasteiger partial charge in [-0.15, -0.1) is 0 Å². The number of aromatic nitrogens is 5. The van der Waals surface area contributed by atoms with Gasteiger partial charge >= 0.3 is 0 Å². The number of nitrogens with one attached hydrogen (secondary N) is 1. The maximum Gasteiger partial charge on any atom is 0.178 e. The first-order valence-corrected chi connectivity index (χ1v) is 7.72. The number of imidazole rings is 1. The number of anilines is 2. The van der Waals surface area contributed by atoms with Gasteiger partial charge in [0.2, 0.25) is 0 Å². The van der Waals surface area contributed by atoms with Crippen LogP contribution in [0.5, 0.6) is 0 Å². The Bertz CT molecular complexity index is 1090. The molecule has 0 bridgehead atoms. The van der Waals surface area contributed by atoms with Gasteiger partial charge in [0.25, 0.3) is 0 Å². The highest BCUT2D eigenvalue weighted by Gasteiger charge is 2.27. The summed E-state index contributed by atoms with van der Waals surface area (Å²) in [6.45, 7) is 0. The van der Waals surface area contributed by atoms with Crippen LogP contribution < -0.4 is 5.32 Å². The molecule has 4 aromatic heterocycles. The molecule has 120 valence electrons. The van der Waals surface area contributed by atoms with Crippen LogP contribution in [0.25, 0.3) is 33.9 Å². The van der Waals surface area contributed by atoms with Crippen molar-refractivity contribution in [3.8, 4) is 33.9 Å². The fourth-order valence-electron chi connectivity index (χ4n) is 3.05. The maximum atomic E-state index is 10.9.